The van der Waals surface area contributed by atoms with Gasteiger partial charge in [-0.2, -0.15) is 0 Å². The maximum atomic E-state index is 11.8. The van der Waals surface area contributed by atoms with E-state index in [0.29, 0.717) is 5.96 Å². The van der Waals surface area contributed by atoms with Gasteiger partial charge in [-0.05, 0) is 26.7 Å². The van der Waals surface area contributed by atoms with Crippen LogP contribution in [0, 0.1) is 0 Å². The average molecular weight is 475 g/mol. The number of piperidine rings is 1. The molecule has 0 atom stereocenters. The van der Waals surface area contributed by atoms with Gasteiger partial charge >= 0.3 is 0 Å². The smallest absolute Gasteiger partial charge is 0.219 e. The Morgan fingerprint density at radius 1 is 1.29 bits per heavy atom. The molecule has 1 fully saturated rings. The molecule has 142 valence electrons. The standard InChI is InChI=1S/C14H29N5O3S.HI/c1-11(2)18-23(21,22)10-7-16-14(15-4)17-13-5-8-19(9-6-13)12(3)20;/h11,13,18H,5-10H2,1-4H3,(H2,15,16,17);1H. The van der Waals surface area contributed by atoms with Crippen molar-refractivity contribution >= 4 is 45.9 Å². The van der Waals surface area contributed by atoms with Gasteiger partial charge in [0.2, 0.25) is 15.9 Å². The summed E-state index contributed by atoms with van der Waals surface area (Å²) in [5.41, 5.74) is 0. The van der Waals surface area contributed by atoms with Gasteiger partial charge in [-0.3, -0.25) is 9.79 Å². The van der Waals surface area contributed by atoms with Crippen molar-refractivity contribution in [2.75, 3.05) is 32.4 Å². The van der Waals surface area contributed by atoms with E-state index in [0.717, 1.165) is 25.9 Å². The molecule has 1 aliphatic rings. The quantitative estimate of drug-likeness (QED) is 0.288. The van der Waals surface area contributed by atoms with E-state index in [-0.39, 0.29) is 54.3 Å². The molecule has 0 radical (unpaired) electrons. The molecule has 0 aromatic carbocycles. The predicted octanol–water partition coefficient (Wildman–Crippen LogP) is 0.108. The monoisotopic (exact) mass is 475 g/mol. The molecule has 1 amide bonds. The van der Waals surface area contributed by atoms with Crippen LogP contribution in [0.2, 0.25) is 0 Å². The Labute approximate surface area is 162 Å². The summed E-state index contributed by atoms with van der Waals surface area (Å²) in [6, 6.07) is 0.131. The number of hydrogen-bond donors (Lipinski definition) is 3. The zero-order valence-electron chi connectivity index (χ0n) is 14.8. The van der Waals surface area contributed by atoms with Gasteiger partial charge < -0.3 is 15.5 Å². The number of guanidine groups is 1. The number of carbonyl (C=O) groups excluding carboxylic acids is 1. The number of rotatable bonds is 6. The summed E-state index contributed by atoms with van der Waals surface area (Å²) in [6.07, 6.45) is 1.71. The summed E-state index contributed by atoms with van der Waals surface area (Å²) in [4.78, 5) is 17.2. The normalized spacial score (nSPS) is 16.7. The maximum absolute atomic E-state index is 11.8. The fraction of sp³-hybridized carbons (Fsp3) is 0.857. The molecule has 0 aromatic rings. The molecular formula is C14H30IN5O3S. The van der Waals surface area contributed by atoms with Crippen molar-refractivity contribution in [3.63, 3.8) is 0 Å². The number of sulfonamides is 1. The molecule has 0 aliphatic carbocycles. The second-order valence-electron chi connectivity index (χ2n) is 6.02. The van der Waals surface area contributed by atoms with E-state index in [4.69, 9.17) is 0 Å². The first-order valence-electron chi connectivity index (χ1n) is 7.96. The minimum absolute atomic E-state index is 0. The van der Waals surface area contributed by atoms with E-state index in [1.807, 2.05) is 4.90 Å². The minimum atomic E-state index is -3.27. The Morgan fingerprint density at radius 3 is 2.33 bits per heavy atom. The fourth-order valence-electron chi connectivity index (χ4n) is 2.45. The Morgan fingerprint density at radius 2 is 1.88 bits per heavy atom. The molecule has 1 rings (SSSR count). The van der Waals surface area contributed by atoms with Gasteiger partial charge in [0, 0.05) is 45.7 Å². The maximum Gasteiger partial charge on any atom is 0.219 e. The molecule has 1 saturated heterocycles. The van der Waals surface area contributed by atoms with E-state index >= 15 is 0 Å². The Hall–Kier alpha value is -0.620. The molecular weight excluding hydrogens is 445 g/mol. The summed E-state index contributed by atoms with van der Waals surface area (Å²) < 4.78 is 26.0. The van der Waals surface area contributed by atoms with Crippen molar-refractivity contribution in [1.29, 1.82) is 0 Å². The summed E-state index contributed by atoms with van der Waals surface area (Å²) >= 11 is 0. The number of likely N-dealkylation sites (tertiary alicyclic amines) is 1. The topological polar surface area (TPSA) is 103 Å². The molecule has 0 spiro atoms. The number of carbonyl (C=O) groups is 1. The van der Waals surface area contributed by atoms with Gasteiger partial charge in [0.1, 0.15) is 0 Å². The van der Waals surface area contributed by atoms with Crippen LogP contribution in [-0.2, 0) is 14.8 Å². The number of halogens is 1. The van der Waals surface area contributed by atoms with E-state index in [9.17, 15) is 13.2 Å². The van der Waals surface area contributed by atoms with Crippen LogP contribution < -0.4 is 15.4 Å². The van der Waals surface area contributed by atoms with Gasteiger partial charge in [-0.1, -0.05) is 0 Å². The molecule has 1 heterocycles. The number of hydrogen-bond acceptors (Lipinski definition) is 4. The first kappa shape index (κ1) is 23.4. The van der Waals surface area contributed by atoms with E-state index in [1.54, 1.807) is 27.8 Å². The van der Waals surface area contributed by atoms with Crippen molar-refractivity contribution in [3.8, 4) is 0 Å². The summed E-state index contributed by atoms with van der Waals surface area (Å²) in [6.45, 7) is 6.92. The second-order valence-corrected chi connectivity index (χ2v) is 7.89. The SMILES string of the molecule is CN=C(NCCS(=O)(=O)NC(C)C)NC1CCN(C(C)=O)CC1.I. The molecule has 1 aliphatic heterocycles. The second kappa shape index (κ2) is 11.1. The lowest BCUT2D eigenvalue weighted by Gasteiger charge is -2.32. The van der Waals surface area contributed by atoms with E-state index in [1.165, 1.54) is 0 Å². The van der Waals surface area contributed by atoms with Gasteiger partial charge in [-0.25, -0.2) is 13.1 Å². The van der Waals surface area contributed by atoms with Crippen molar-refractivity contribution in [2.45, 2.75) is 45.7 Å². The molecule has 10 heteroatoms. The molecule has 8 nitrogen and oxygen atoms in total. The molecule has 3 N–H and O–H groups in total. The zero-order chi connectivity index (χ0) is 17.5. The lowest BCUT2D eigenvalue weighted by Crippen LogP contribution is -2.50. The van der Waals surface area contributed by atoms with Crippen molar-refractivity contribution in [2.24, 2.45) is 4.99 Å². The highest BCUT2D eigenvalue weighted by Gasteiger charge is 2.21. The predicted molar refractivity (Wildman–Crippen MR) is 107 cm³/mol. The van der Waals surface area contributed by atoms with Crippen LogP contribution >= 0.6 is 24.0 Å². The number of nitrogens with zero attached hydrogens (tertiary/aromatic N) is 2. The number of aliphatic imine (C=N–C) groups is 1. The average Bonchev–Trinajstić information content (AvgIpc) is 2.45. The molecule has 0 bridgehead atoms. The van der Waals surface area contributed by atoms with Crippen LogP contribution in [0.5, 0.6) is 0 Å². The largest absolute Gasteiger partial charge is 0.355 e. The third kappa shape index (κ3) is 9.02. The van der Waals surface area contributed by atoms with Crippen molar-refractivity contribution in [3.05, 3.63) is 0 Å². The molecule has 0 aromatic heterocycles. The van der Waals surface area contributed by atoms with Gasteiger partial charge in [0.25, 0.3) is 0 Å². The summed E-state index contributed by atoms with van der Waals surface area (Å²) in [5.74, 6) is 0.689. The molecule has 0 saturated carbocycles. The molecule has 0 unspecified atom stereocenters. The van der Waals surface area contributed by atoms with Gasteiger partial charge in [0.15, 0.2) is 5.96 Å². The van der Waals surface area contributed by atoms with Gasteiger partial charge in [0.05, 0.1) is 5.75 Å². The zero-order valence-corrected chi connectivity index (χ0v) is 18.0. The molecule has 24 heavy (non-hydrogen) atoms. The first-order chi connectivity index (χ1) is 10.7. The van der Waals surface area contributed by atoms with E-state index in [2.05, 4.69) is 20.3 Å². The summed E-state index contributed by atoms with van der Waals surface area (Å²) in [5, 5.41) is 6.30. The number of nitrogens with one attached hydrogen (secondary N) is 3. The van der Waals surface area contributed by atoms with Gasteiger partial charge in [-0.15, -0.1) is 24.0 Å². The van der Waals surface area contributed by atoms with Crippen molar-refractivity contribution < 1.29 is 13.2 Å². The van der Waals surface area contributed by atoms with Crippen LogP contribution in [0.4, 0.5) is 0 Å². The lowest BCUT2D eigenvalue weighted by atomic mass is 10.1. The third-order valence-electron chi connectivity index (χ3n) is 3.58. The lowest BCUT2D eigenvalue weighted by molar-refractivity contribution is -0.129. The highest BCUT2D eigenvalue weighted by Crippen LogP contribution is 2.10. The van der Waals surface area contributed by atoms with Crippen LogP contribution in [0.25, 0.3) is 0 Å². The van der Waals surface area contributed by atoms with Crippen LogP contribution in [0.3, 0.4) is 0 Å². The van der Waals surface area contributed by atoms with Crippen molar-refractivity contribution in [1.82, 2.24) is 20.3 Å². The summed E-state index contributed by atoms with van der Waals surface area (Å²) in [7, 11) is -1.62. The minimum Gasteiger partial charge on any atom is -0.355 e. The van der Waals surface area contributed by atoms with E-state index < -0.39 is 10.0 Å². The third-order valence-corrected chi connectivity index (χ3v) is 5.16. The Bertz CT molecular complexity index is 517. The first-order valence-corrected chi connectivity index (χ1v) is 9.61. The van der Waals surface area contributed by atoms with Crippen LogP contribution in [0.1, 0.15) is 33.6 Å². The fourth-order valence-corrected chi connectivity index (χ4v) is 3.66. The number of amides is 1. The van der Waals surface area contributed by atoms with Crippen LogP contribution in [0.15, 0.2) is 4.99 Å². The Balaban J connectivity index is 0.00000529. The Kier molecular flexibility index (Phi) is 10.8. The highest BCUT2D eigenvalue weighted by molar-refractivity contribution is 14.0. The van der Waals surface area contributed by atoms with Crippen LogP contribution in [-0.4, -0.2) is 69.7 Å². The highest BCUT2D eigenvalue weighted by atomic mass is 127.